The number of thiophene rings is 1. The van der Waals surface area contributed by atoms with Crippen molar-refractivity contribution in [2.45, 2.75) is 19.8 Å². The molecule has 1 aromatic heterocycles. The van der Waals surface area contributed by atoms with Crippen LogP contribution in [0.4, 0.5) is 8.78 Å². The van der Waals surface area contributed by atoms with Gasteiger partial charge >= 0.3 is 0 Å². The molecule has 16 heavy (non-hydrogen) atoms. The highest BCUT2D eigenvalue weighted by Crippen LogP contribution is 2.35. The lowest BCUT2D eigenvalue weighted by Gasteiger charge is -2.03. The first-order valence-electron chi connectivity index (χ1n) is 5.13. The molecule has 0 spiro atoms. The summed E-state index contributed by atoms with van der Waals surface area (Å²) in [7, 11) is 0. The summed E-state index contributed by atoms with van der Waals surface area (Å²) in [4.78, 5) is 0.131. The molecule has 0 radical (unpaired) electrons. The van der Waals surface area contributed by atoms with Crippen LogP contribution in [0.3, 0.4) is 0 Å². The Morgan fingerprint density at radius 1 is 1.44 bits per heavy atom. The van der Waals surface area contributed by atoms with E-state index in [-0.39, 0.29) is 4.88 Å². The van der Waals surface area contributed by atoms with Crippen molar-refractivity contribution < 1.29 is 8.78 Å². The molecular formula is C13H12F2S. The highest BCUT2D eigenvalue weighted by molar-refractivity contribution is 7.19. The van der Waals surface area contributed by atoms with Gasteiger partial charge in [-0.05, 0) is 29.7 Å². The highest BCUT2D eigenvalue weighted by Gasteiger charge is 2.13. The Morgan fingerprint density at radius 2 is 2.19 bits per heavy atom. The first-order valence-corrected chi connectivity index (χ1v) is 5.95. The zero-order chi connectivity index (χ0) is 11.7. The number of aryl methyl sites for hydroxylation is 1. The van der Waals surface area contributed by atoms with Crippen molar-refractivity contribution in [2.24, 2.45) is 0 Å². The van der Waals surface area contributed by atoms with Crippen molar-refractivity contribution in [2.75, 3.05) is 0 Å². The largest absolute Gasteiger partial charge is 0.272 e. The van der Waals surface area contributed by atoms with Crippen LogP contribution in [-0.2, 0) is 6.42 Å². The highest BCUT2D eigenvalue weighted by atomic mass is 32.1. The van der Waals surface area contributed by atoms with E-state index in [0.29, 0.717) is 0 Å². The number of alkyl halides is 2. The van der Waals surface area contributed by atoms with Crippen LogP contribution in [0, 0.1) is 0 Å². The van der Waals surface area contributed by atoms with E-state index >= 15 is 0 Å². The molecule has 0 aliphatic rings. The second-order valence-electron chi connectivity index (χ2n) is 3.56. The molecular weight excluding hydrogens is 226 g/mol. The summed E-state index contributed by atoms with van der Waals surface area (Å²) in [6.45, 7) is 5.81. The minimum atomic E-state index is -2.39. The van der Waals surface area contributed by atoms with E-state index in [1.807, 2.05) is 12.1 Å². The minimum absolute atomic E-state index is 0.131. The van der Waals surface area contributed by atoms with Gasteiger partial charge in [-0.25, -0.2) is 8.78 Å². The van der Waals surface area contributed by atoms with Crippen LogP contribution in [0.15, 0.2) is 24.8 Å². The van der Waals surface area contributed by atoms with Gasteiger partial charge in [0.15, 0.2) is 0 Å². The van der Waals surface area contributed by atoms with Crippen LogP contribution < -0.4 is 0 Å². The van der Waals surface area contributed by atoms with E-state index in [1.165, 1.54) is 0 Å². The van der Waals surface area contributed by atoms with Gasteiger partial charge in [0.05, 0.1) is 4.88 Å². The molecule has 0 saturated heterocycles. The van der Waals surface area contributed by atoms with Crippen molar-refractivity contribution in [3.63, 3.8) is 0 Å². The van der Waals surface area contributed by atoms with Gasteiger partial charge in [0.25, 0.3) is 6.43 Å². The molecule has 3 heteroatoms. The van der Waals surface area contributed by atoms with E-state index < -0.39 is 6.43 Å². The average molecular weight is 238 g/mol. The predicted molar refractivity (Wildman–Crippen MR) is 66.3 cm³/mol. The van der Waals surface area contributed by atoms with Crippen LogP contribution in [0.25, 0.3) is 16.2 Å². The number of benzene rings is 1. The van der Waals surface area contributed by atoms with Crippen LogP contribution in [0.2, 0.25) is 0 Å². The smallest absolute Gasteiger partial charge is 0.204 e. The Labute approximate surface area is 97.2 Å². The van der Waals surface area contributed by atoms with Crippen molar-refractivity contribution in [1.29, 1.82) is 0 Å². The van der Waals surface area contributed by atoms with Gasteiger partial charge in [0, 0.05) is 10.1 Å². The maximum absolute atomic E-state index is 12.6. The molecule has 0 fully saturated rings. The molecule has 0 bridgehead atoms. The second-order valence-corrected chi connectivity index (χ2v) is 4.67. The van der Waals surface area contributed by atoms with Gasteiger partial charge in [0.1, 0.15) is 0 Å². The minimum Gasteiger partial charge on any atom is -0.204 e. The predicted octanol–water partition coefficient (Wildman–Crippen LogP) is 5.04. The first kappa shape index (κ1) is 11.3. The van der Waals surface area contributed by atoms with Crippen molar-refractivity contribution in [3.8, 4) is 0 Å². The number of rotatable bonds is 3. The van der Waals surface area contributed by atoms with Gasteiger partial charge in [0.2, 0.25) is 0 Å². The Balaban J connectivity index is 2.71. The topological polar surface area (TPSA) is 0 Å². The van der Waals surface area contributed by atoms with Gasteiger partial charge in [-0.1, -0.05) is 25.6 Å². The summed E-state index contributed by atoms with van der Waals surface area (Å²) in [5, 5.41) is 0.898. The van der Waals surface area contributed by atoms with Crippen molar-refractivity contribution >= 4 is 27.5 Å². The van der Waals surface area contributed by atoms with Crippen molar-refractivity contribution in [1.82, 2.24) is 0 Å². The lowest BCUT2D eigenvalue weighted by atomic mass is 10.0. The lowest BCUT2D eigenvalue weighted by Crippen LogP contribution is -1.85. The Kier molecular flexibility index (Phi) is 3.06. The molecule has 0 aliphatic carbocycles. The molecule has 2 aromatic rings. The van der Waals surface area contributed by atoms with Gasteiger partial charge < -0.3 is 0 Å². The van der Waals surface area contributed by atoms with Crippen molar-refractivity contribution in [3.05, 3.63) is 40.8 Å². The van der Waals surface area contributed by atoms with Crippen LogP contribution in [0.5, 0.6) is 0 Å². The van der Waals surface area contributed by atoms with E-state index in [9.17, 15) is 8.78 Å². The molecule has 84 valence electrons. The molecule has 1 heterocycles. The summed E-state index contributed by atoms with van der Waals surface area (Å²) < 4.78 is 26.1. The SMILES string of the molecule is C=Cc1c(CC)ccc2sc(C(F)F)cc12. The van der Waals surface area contributed by atoms with E-state index in [2.05, 4.69) is 13.5 Å². The normalized spacial score (nSPS) is 11.2. The summed E-state index contributed by atoms with van der Waals surface area (Å²) in [5.74, 6) is 0. The van der Waals surface area contributed by atoms with Gasteiger partial charge in [-0.15, -0.1) is 11.3 Å². The average Bonchev–Trinajstić information content (AvgIpc) is 2.71. The Morgan fingerprint density at radius 3 is 2.75 bits per heavy atom. The number of hydrogen-bond donors (Lipinski definition) is 0. The van der Waals surface area contributed by atoms with Crippen LogP contribution in [0.1, 0.15) is 29.4 Å². The molecule has 0 N–H and O–H groups in total. The fourth-order valence-electron chi connectivity index (χ4n) is 1.86. The lowest BCUT2D eigenvalue weighted by molar-refractivity contribution is 0.156. The fraction of sp³-hybridized carbons (Fsp3) is 0.231. The monoisotopic (exact) mass is 238 g/mol. The van der Waals surface area contributed by atoms with Crippen LogP contribution >= 0.6 is 11.3 Å². The summed E-state index contributed by atoms with van der Waals surface area (Å²) in [6, 6.07) is 5.49. The van der Waals surface area contributed by atoms with Gasteiger partial charge in [-0.3, -0.25) is 0 Å². The maximum atomic E-state index is 12.6. The van der Waals surface area contributed by atoms with Crippen LogP contribution in [-0.4, -0.2) is 0 Å². The quantitative estimate of drug-likeness (QED) is 0.702. The molecule has 0 nitrogen and oxygen atoms in total. The number of hydrogen-bond acceptors (Lipinski definition) is 1. The molecule has 0 amide bonds. The van der Waals surface area contributed by atoms with Gasteiger partial charge in [-0.2, -0.15) is 0 Å². The molecule has 0 aliphatic heterocycles. The van der Waals surface area contributed by atoms with E-state index in [1.54, 1.807) is 12.1 Å². The fourth-order valence-corrected chi connectivity index (χ4v) is 2.79. The summed E-state index contributed by atoms with van der Waals surface area (Å²) in [5.41, 5.74) is 2.14. The Hall–Kier alpha value is -1.22. The molecule has 0 unspecified atom stereocenters. The second kappa shape index (κ2) is 4.34. The third-order valence-corrected chi connectivity index (χ3v) is 3.76. The Bertz CT molecular complexity index is 526. The zero-order valence-corrected chi connectivity index (χ0v) is 9.78. The summed E-state index contributed by atoms with van der Waals surface area (Å²) in [6.07, 6.45) is 0.250. The standard InChI is InChI=1S/C13H12F2S/c1-3-8-5-6-11-10(9(8)4-2)7-12(16-11)13(14)15/h4-7,13H,2-3H2,1H3. The number of halogens is 2. The third-order valence-electron chi connectivity index (χ3n) is 2.65. The van der Waals surface area contributed by atoms with E-state index in [4.69, 9.17) is 0 Å². The molecule has 0 saturated carbocycles. The molecule has 0 atom stereocenters. The first-order chi connectivity index (χ1) is 7.67. The number of fused-ring (bicyclic) bond motifs is 1. The maximum Gasteiger partial charge on any atom is 0.272 e. The molecule has 1 aromatic carbocycles. The molecule has 2 rings (SSSR count). The third kappa shape index (κ3) is 1.76. The van der Waals surface area contributed by atoms with E-state index in [0.717, 1.165) is 39.0 Å². The zero-order valence-electron chi connectivity index (χ0n) is 8.97. The summed E-state index contributed by atoms with van der Waals surface area (Å²) >= 11 is 1.16.